The molecule has 0 saturated carbocycles. The molecule has 10 heavy (non-hydrogen) atoms. The summed E-state index contributed by atoms with van der Waals surface area (Å²) in [6, 6.07) is 0. The second-order valence-electron chi connectivity index (χ2n) is 1.68. The molecule has 0 amide bonds. The van der Waals surface area contributed by atoms with E-state index in [0.717, 1.165) is 11.0 Å². The van der Waals surface area contributed by atoms with Gasteiger partial charge in [0.1, 0.15) is 0 Å². The van der Waals surface area contributed by atoms with E-state index in [4.69, 9.17) is 5.73 Å². The van der Waals surface area contributed by atoms with E-state index in [-0.39, 0.29) is 0 Å². The van der Waals surface area contributed by atoms with Gasteiger partial charge in [-0.05, 0) is 12.3 Å². The average molecular weight is 252 g/mol. The molecule has 0 aliphatic heterocycles. The van der Waals surface area contributed by atoms with Crippen LogP contribution in [0, 0.1) is 0 Å². The molecule has 2 nitrogen and oxygen atoms in total. The van der Waals surface area contributed by atoms with Crippen molar-refractivity contribution in [2.75, 3.05) is 17.5 Å². The lowest BCUT2D eigenvalue weighted by Gasteiger charge is -1.92. The van der Waals surface area contributed by atoms with Gasteiger partial charge in [-0.15, -0.1) is 0 Å². The maximum atomic E-state index is 5.25. The van der Waals surface area contributed by atoms with E-state index < -0.39 is 0 Å². The summed E-state index contributed by atoms with van der Waals surface area (Å²) in [6.07, 6.45) is 7.96. The Kier molecular flexibility index (Phi) is 8.94. The molecule has 0 aromatic heterocycles. The normalized spacial score (nSPS) is 11.4. The summed E-state index contributed by atoms with van der Waals surface area (Å²) in [5, 5.41) is 3.03. The summed E-state index contributed by atoms with van der Waals surface area (Å²) in [5.74, 6) is 0. The maximum Gasteiger partial charge on any atom is 0.0264 e. The Morgan fingerprint density at radius 2 is 2.20 bits per heavy atom. The van der Waals surface area contributed by atoms with E-state index in [1.807, 2.05) is 18.4 Å². The third kappa shape index (κ3) is 7.97. The van der Waals surface area contributed by atoms with Crippen LogP contribution in [0.5, 0.6) is 0 Å². The van der Waals surface area contributed by atoms with E-state index in [2.05, 4.69) is 34.0 Å². The molecule has 0 radical (unpaired) electrons. The zero-order valence-electron chi connectivity index (χ0n) is 5.89. The summed E-state index contributed by atoms with van der Waals surface area (Å²) in [4.78, 5) is 0. The predicted molar refractivity (Wildman–Crippen MR) is 54.2 cm³/mol. The van der Waals surface area contributed by atoms with Gasteiger partial charge >= 0.3 is 0 Å². The second-order valence-corrected chi connectivity index (χ2v) is 2.57. The number of halogens is 1. The molecule has 0 aliphatic carbocycles. The van der Waals surface area contributed by atoms with Crippen LogP contribution in [0.2, 0.25) is 0 Å². The molecule has 0 fully saturated rings. The van der Waals surface area contributed by atoms with Gasteiger partial charge in [-0.1, -0.05) is 34.7 Å². The highest BCUT2D eigenvalue weighted by atomic mass is 127. The van der Waals surface area contributed by atoms with Crippen LogP contribution < -0.4 is 11.1 Å². The quantitative estimate of drug-likeness (QED) is 0.332. The Morgan fingerprint density at radius 1 is 1.40 bits per heavy atom. The van der Waals surface area contributed by atoms with Gasteiger partial charge in [-0.2, -0.15) is 0 Å². The Labute approximate surface area is 75.7 Å². The van der Waals surface area contributed by atoms with Crippen molar-refractivity contribution in [3.63, 3.8) is 0 Å². The molecule has 3 N–H and O–H groups in total. The first-order valence-electron chi connectivity index (χ1n) is 3.23. The van der Waals surface area contributed by atoms with Gasteiger partial charge < -0.3 is 11.1 Å². The van der Waals surface area contributed by atoms with Crippen molar-refractivity contribution in [1.29, 1.82) is 0 Å². The lowest BCUT2D eigenvalue weighted by Crippen LogP contribution is -2.16. The van der Waals surface area contributed by atoms with Gasteiger partial charge in [0.05, 0.1) is 0 Å². The standard InChI is InChI=1S/C7H13IN2/c8-4-2-1-3-6-10-7-5-9/h1-3,6,10H,4-5,7,9H2/b2-1+,6-3+. The van der Waals surface area contributed by atoms with Crippen LogP contribution in [0.1, 0.15) is 0 Å². The zero-order chi connectivity index (χ0) is 7.66. The summed E-state index contributed by atoms with van der Waals surface area (Å²) < 4.78 is 1.05. The molecule has 0 unspecified atom stereocenters. The Bertz CT molecular complexity index is 110. The van der Waals surface area contributed by atoms with Gasteiger partial charge in [-0.25, -0.2) is 0 Å². The zero-order valence-corrected chi connectivity index (χ0v) is 8.04. The number of allylic oxidation sites excluding steroid dienone is 3. The minimum atomic E-state index is 0.681. The molecule has 0 aliphatic rings. The van der Waals surface area contributed by atoms with Crippen LogP contribution >= 0.6 is 22.6 Å². The van der Waals surface area contributed by atoms with Gasteiger partial charge in [0.15, 0.2) is 0 Å². The number of alkyl halides is 1. The lowest BCUT2D eigenvalue weighted by atomic mass is 10.5. The van der Waals surface area contributed by atoms with Crippen LogP contribution in [0.3, 0.4) is 0 Å². The Morgan fingerprint density at radius 3 is 2.80 bits per heavy atom. The largest absolute Gasteiger partial charge is 0.390 e. The Balaban J connectivity index is 3.11. The highest BCUT2D eigenvalue weighted by Crippen LogP contribution is 1.82. The molecule has 0 rings (SSSR count). The van der Waals surface area contributed by atoms with Crippen molar-refractivity contribution in [3.8, 4) is 0 Å². The third-order valence-electron chi connectivity index (χ3n) is 0.839. The van der Waals surface area contributed by atoms with Gasteiger partial charge in [0.2, 0.25) is 0 Å². The molecule has 58 valence electrons. The van der Waals surface area contributed by atoms with Crippen LogP contribution in [0.15, 0.2) is 24.4 Å². The first-order chi connectivity index (χ1) is 4.91. The van der Waals surface area contributed by atoms with E-state index >= 15 is 0 Å². The lowest BCUT2D eigenvalue weighted by molar-refractivity contribution is 0.842. The van der Waals surface area contributed by atoms with E-state index in [0.29, 0.717) is 6.54 Å². The maximum absolute atomic E-state index is 5.25. The monoisotopic (exact) mass is 252 g/mol. The molecular formula is C7H13IN2. The highest BCUT2D eigenvalue weighted by Gasteiger charge is 1.70. The smallest absolute Gasteiger partial charge is 0.0264 e. The first kappa shape index (κ1) is 9.97. The molecule has 0 bridgehead atoms. The van der Waals surface area contributed by atoms with Gasteiger partial charge in [-0.3, -0.25) is 0 Å². The number of hydrogen-bond acceptors (Lipinski definition) is 2. The topological polar surface area (TPSA) is 38.0 Å². The number of nitrogens with two attached hydrogens (primary N) is 1. The van der Waals surface area contributed by atoms with Crippen molar-refractivity contribution >= 4 is 22.6 Å². The fraction of sp³-hybridized carbons (Fsp3) is 0.429. The third-order valence-corrected chi connectivity index (χ3v) is 1.35. The summed E-state index contributed by atoms with van der Waals surface area (Å²) >= 11 is 2.29. The Hall–Kier alpha value is -0.0300. The molecule has 0 aromatic carbocycles. The summed E-state index contributed by atoms with van der Waals surface area (Å²) in [5.41, 5.74) is 5.25. The van der Waals surface area contributed by atoms with Crippen molar-refractivity contribution < 1.29 is 0 Å². The fourth-order valence-electron chi connectivity index (χ4n) is 0.420. The van der Waals surface area contributed by atoms with Crippen molar-refractivity contribution in [3.05, 3.63) is 24.4 Å². The van der Waals surface area contributed by atoms with E-state index in [1.54, 1.807) is 0 Å². The van der Waals surface area contributed by atoms with Crippen LogP contribution in [0.4, 0.5) is 0 Å². The fourth-order valence-corrected chi connectivity index (χ4v) is 0.714. The summed E-state index contributed by atoms with van der Waals surface area (Å²) in [6.45, 7) is 1.52. The summed E-state index contributed by atoms with van der Waals surface area (Å²) in [7, 11) is 0. The molecule has 0 spiro atoms. The van der Waals surface area contributed by atoms with E-state index in [1.165, 1.54) is 0 Å². The van der Waals surface area contributed by atoms with E-state index in [9.17, 15) is 0 Å². The minimum Gasteiger partial charge on any atom is -0.390 e. The van der Waals surface area contributed by atoms with Crippen LogP contribution in [-0.4, -0.2) is 17.5 Å². The average Bonchev–Trinajstić information content (AvgIpc) is 1.97. The van der Waals surface area contributed by atoms with Crippen LogP contribution in [0.25, 0.3) is 0 Å². The number of hydrogen-bond donors (Lipinski definition) is 2. The van der Waals surface area contributed by atoms with Crippen molar-refractivity contribution in [1.82, 2.24) is 5.32 Å². The molecular weight excluding hydrogens is 239 g/mol. The highest BCUT2D eigenvalue weighted by molar-refractivity contribution is 14.1. The van der Waals surface area contributed by atoms with Crippen molar-refractivity contribution in [2.45, 2.75) is 0 Å². The molecule has 3 heteroatoms. The van der Waals surface area contributed by atoms with Gasteiger partial charge in [0, 0.05) is 17.5 Å². The molecule has 0 aromatic rings. The SMILES string of the molecule is NCCN/C=C/C=C/CI. The molecule has 0 atom stereocenters. The van der Waals surface area contributed by atoms with Crippen molar-refractivity contribution in [2.24, 2.45) is 5.73 Å². The van der Waals surface area contributed by atoms with Crippen LogP contribution in [-0.2, 0) is 0 Å². The first-order valence-corrected chi connectivity index (χ1v) is 4.75. The minimum absolute atomic E-state index is 0.681. The number of nitrogens with one attached hydrogen (secondary N) is 1. The second kappa shape index (κ2) is 8.97. The number of rotatable bonds is 5. The molecule has 0 heterocycles. The molecule has 0 saturated heterocycles. The predicted octanol–water partition coefficient (Wildman–Crippen LogP) is 1.04. The van der Waals surface area contributed by atoms with Gasteiger partial charge in [0.25, 0.3) is 0 Å².